The summed E-state index contributed by atoms with van der Waals surface area (Å²) in [5.74, 6) is -0.652. The quantitative estimate of drug-likeness (QED) is 0.412. The maximum atomic E-state index is 12.1. The first-order valence-corrected chi connectivity index (χ1v) is 8.80. The molecular weight excluding hydrogens is 404 g/mol. The van der Waals surface area contributed by atoms with Crippen LogP contribution in [0.4, 0.5) is 0 Å². The third-order valence-corrected chi connectivity index (χ3v) is 4.24. The SMILES string of the molecule is N#C/C(=C\c1cc(Br)cc(Cl)c1O)C(=O)NCCCc1ccccc1. The van der Waals surface area contributed by atoms with Gasteiger partial charge in [-0.2, -0.15) is 5.26 Å². The number of nitrogens with zero attached hydrogens (tertiary/aromatic N) is 1. The number of amides is 1. The molecule has 0 aromatic heterocycles. The van der Waals surface area contributed by atoms with E-state index in [0.717, 1.165) is 12.8 Å². The molecule has 0 aliphatic heterocycles. The van der Waals surface area contributed by atoms with Crippen LogP contribution in [0.25, 0.3) is 6.08 Å². The Bertz CT molecular complexity index is 829. The third kappa shape index (κ3) is 5.63. The zero-order chi connectivity index (χ0) is 18.2. The fraction of sp³-hybridized carbons (Fsp3) is 0.158. The molecule has 0 unspecified atom stereocenters. The first-order valence-electron chi connectivity index (χ1n) is 7.63. The van der Waals surface area contributed by atoms with Crippen LogP contribution in [0.1, 0.15) is 17.5 Å². The second-order valence-electron chi connectivity index (χ2n) is 5.34. The largest absolute Gasteiger partial charge is 0.506 e. The van der Waals surface area contributed by atoms with Gasteiger partial charge in [0.25, 0.3) is 5.91 Å². The number of phenolic OH excluding ortho intramolecular Hbond substituents is 1. The van der Waals surface area contributed by atoms with Gasteiger partial charge in [0.15, 0.2) is 0 Å². The Morgan fingerprint density at radius 1 is 1.32 bits per heavy atom. The summed E-state index contributed by atoms with van der Waals surface area (Å²) in [6.45, 7) is 0.456. The van der Waals surface area contributed by atoms with Crippen molar-refractivity contribution >= 4 is 39.5 Å². The van der Waals surface area contributed by atoms with Crippen molar-refractivity contribution in [3.05, 3.63) is 68.7 Å². The number of hydrogen-bond donors (Lipinski definition) is 2. The van der Waals surface area contributed by atoms with E-state index in [4.69, 9.17) is 11.6 Å². The standard InChI is InChI=1S/C19H16BrClN2O2/c20-16-10-14(18(24)17(21)11-16)9-15(12-22)19(25)23-8-4-7-13-5-2-1-3-6-13/h1-3,5-6,9-11,24H,4,7-8H2,(H,23,25)/b15-9+. The topological polar surface area (TPSA) is 73.1 Å². The summed E-state index contributed by atoms with van der Waals surface area (Å²) in [7, 11) is 0. The number of phenols is 1. The molecule has 2 aromatic carbocycles. The second-order valence-corrected chi connectivity index (χ2v) is 6.66. The summed E-state index contributed by atoms with van der Waals surface area (Å²) in [6.07, 6.45) is 2.93. The number of nitrogens with one attached hydrogen (secondary N) is 1. The second kappa shape index (κ2) is 9.26. The van der Waals surface area contributed by atoms with E-state index in [-0.39, 0.29) is 16.3 Å². The summed E-state index contributed by atoms with van der Waals surface area (Å²) in [6, 6.07) is 14.9. The molecule has 0 radical (unpaired) electrons. The van der Waals surface area contributed by atoms with Crippen molar-refractivity contribution in [3.8, 4) is 11.8 Å². The Hall–Kier alpha value is -2.29. The molecule has 128 valence electrons. The molecule has 25 heavy (non-hydrogen) atoms. The van der Waals surface area contributed by atoms with Crippen LogP contribution in [0.15, 0.2) is 52.5 Å². The number of halogens is 2. The lowest BCUT2D eigenvalue weighted by molar-refractivity contribution is -0.117. The molecule has 2 rings (SSSR count). The summed E-state index contributed by atoms with van der Waals surface area (Å²) < 4.78 is 0.641. The van der Waals surface area contributed by atoms with Gasteiger partial charge in [-0.15, -0.1) is 0 Å². The molecule has 0 fully saturated rings. The summed E-state index contributed by atoms with van der Waals surface area (Å²) in [5.41, 5.74) is 1.40. The zero-order valence-electron chi connectivity index (χ0n) is 13.3. The normalized spacial score (nSPS) is 11.0. The minimum absolute atomic E-state index is 0.0934. The van der Waals surface area contributed by atoms with Crippen LogP contribution < -0.4 is 5.32 Å². The molecule has 0 heterocycles. The van der Waals surface area contributed by atoms with Gasteiger partial charge in [-0.1, -0.05) is 57.9 Å². The Kier molecular flexibility index (Phi) is 7.05. The van der Waals surface area contributed by atoms with Crippen LogP contribution >= 0.6 is 27.5 Å². The van der Waals surface area contributed by atoms with Crippen molar-refractivity contribution in [2.24, 2.45) is 0 Å². The highest BCUT2D eigenvalue weighted by Gasteiger charge is 2.12. The minimum Gasteiger partial charge on any atom is -0.506 e. The van der Waals surface area contributed by atoms with E-state index in [1.165, 1.54) is 17.7 Å². The summed E-state index contributed by atoms with van der Waals surface area (Å²) in [4.78, 5) is 12.1. The Morgan fingerprint density at radius 3 is 2.72 bits per heavy atom. The third-order valence-electron chi connectivity index (χ3n) is 3.49. The zero-order valence-corrected chi connectivity index (χ0v) is 15.6. The molecule has 2 N–H and O–H groups in total. The molecular formula is C19H16BrClN2O2. The lowest BCUT2D eigenvalue weighted by atomic mass is 10.1. The van der Waals surface area contributed by atoms with Crippen LogP contribution in [0.5, 0.6) is 5.75 Å². The lowest BCUT2D eigenvalue weighted by Gasteiger charge is -2.06. The van der Waals surface area contributed by atoms with Gasteiger partial charge in [-0.3, -0.25) is 4.79 Å². The smallest absolute Gasteiger partial charge is 0.261 e. The molecule has 0 saturated carbocycles. The van der Waals surface area contributed by atoms with Crippen LogP contribution in [0.3, 0.4) is 0 Å². The Labute approximate surface area is 159 Å². The first kappa shape index (κ1) is 19.0. The van der Waals surface area contributed by atoms with Gasteiger partial charge in [0.2, 0.25) is 0 Å². The first-order chi connectivity index (χ1) is 12.0. The van der Waals surface area contributed by atoms with Gasteiger partial charge >= 0.3 is 0 Å². The maximum absolute atomic E-state index is 12.1. The molecule has 0 aliphatic carbocycles. The van der Waals surface area contributed by atoms with Crippen molar-refractivity contribution in [1.29, 1.82) is 5.26 Å². The Morgan fingerprint density at radius 2 is 2.04 bits per heavy atom. The van der Waals surface area contributed by atoms with Gasteiger partial charge < -0.3 is 10.4 Å². The molecule has 6 heteroatoms. The van der Waals surface area contributed by atoms with E-state index >= 15 is 0 Å². The van der Waals surface area contributed by atoms with Crippen LogP contribution in [0, 0.1) is 11.3 Å². The number of nitriles is 1. The highest BCUT2D eigenvalue weighted by atomic mass is 79.9. The average molecular weight is 420 g/mol. The van der Waals surface area contributed by atoms with Gasteiger partial charge in [0.05, 0.1) is 5.02 Å². The minimum atomic E-state index is -0.481. The predicted octanol–water partition coefficient (Wildman–Crippen LogP) is 4.46. The van der Waals surface area contributed by atoms with E-state index in [1.54, 1.807) is 6.07 Å². The van der Waals surface area contributed by atoms with Crippen LogP contribution in [-0.2, 0) is 11.2 Å². The number of benzene rings is 2. The summed E-state index contributed by atoms with van der Waals surface area (Å²) in [5, 5.41) is 22.0. The number of aryl methyl sites for hydroxylation is 1. The maximum Gasteiger partial charge on any atom is 0.261 e. The van der Waals surface area contributed by atoms with E-state index in [9.17, 15) is 15.2 Å². The number of carbonyl (C=O) groups excluding carboxylic acids is 1. The molecule has 0 saturated heterocycles. The van der Waals surface area contributed by atoms with E-state index < -0.39 is 5.91 Å². The monoisotopic (exact) mass is 418 g/mol. The Balaban J connectivity index is 1.98. The number of hydrogen-bond acceptors (Lipinski definition) is 3. The van der Waals surface area contributed by atoms with Crippen LogP contribution in [-0.4, -0.2) is 17.6 Å². The van der Waals surface area contributed by atoms with Crippen molar-refractivity contribution in [1.82, 2.24) is 5.32 Å². The number of carbonyl (C=O) groups is 1. The van der Waals surface area contributed by atoms with E-state index in [0.29, 0.717) is 16.6 Å². The molecule has 0 atom stereocenters. The van der Waals surface area contributed by atoms with Gasteiger partial charge in [0, 0.05) is 16.6 Å². The van der Waals surface area contributed by atoms with E-state index in [2.05, 4.69) is 21.2 Å². The highest BCUT2D eigenvalue weighted by molar-refractivity contribution is 9.10. The summed E-state index contributed by atoms with van der Waals surface area (Å²) >= 11 is 9.15. The van der Waals surface area contributed by atoms with Crippen molar-refractivity contribution in [2.45, 2.75) is 12.8 Å². The fourth-order valence-corrected chi connectivity index (χ4v) is 3.07. The van der Waals surface area contributed by atoms with Gasteiger partial charge in [0.1, 0.15) is 17.4 Å². The van der Waals surface area contributed by atoms with Crippen LogP contribution in [0.2, 0.25) is 5.02 Å². The van der Waals surface area contributed by atoms with Gasteiger partial charge in [-0.05, 0) is 36.6 Å². The van der Waals surface area contributed by atoms with Crippen molar-refractivity contribution in [2.75, 3.05) is 6.54 Å². The fourth-order valence-electron chi connectivity index (χ4n) is 2.23. The molecule has 1 amide bonds. The number of aromatic hydroxyl groups is 1. The van der Waals surface area contributed by atoms with E-state index in [1.807, 2.05) is 36.4 Å². The number of rotatable bonds is 6. The average Bonchev–Trinajstić information content (AvgIpc) is 2.61. The molecule has 2 aromatic rings. The molecule has 0 spiro atoms. The van der Waals surface area contributed by atoms with Crippen molar-refractivity contribution in [3.63, 3.8) is 0 Å². The van der Waals surface area contributed by atoms with Gasteiger partial charge in [-0.25, -0.2) is 0 Å². The molecule has 4 nitrogen and oxygen atoms in total. The lowest BCUT2D eigenvalue weighted by Crippen LogP contribution is -2.25. The predicted molar refractivity (Wildman–Crippen MR) is 102 cm³/mol. The molecule has 0 aliphatic rings. The highest BCUT2D eigenvalue weighted by Crippen LogP contribution is 2.32. The van der Waals surface area contributed by atoms with Crippen molar-refractivity contribution < 1.29 is 9.90 Å². The molecule has 0 bridgehead atoms.